The van der Waals surface area contributed by atoms with Gasteiger partial charge in [0.2, 0.25) is 11.8 Å². The molecule has 2 aromatic rings. The first-order valence-electron chi connectivity index (χ1n) is 12.4. The lowest BCUT2D eigenvalue weighted by molar-refractivity contribution is -0.144. The van der Waals surface area contributed by atoms with Crippen LogP contribution in [0.1, 0.15) is 77.0 Å². The SMILES string of the molecule is CCCC(=O)N(CC(=O)N(Cc1cccn1Cc1ccccc1Cl)C1CCCCC1)C(C)C. The average Bonchev–Trinajstić information content (AvgIpc) is 3.24. The van der Waals surface area contributed by atoms with Gasteiger partial charge in [0.15, 0.2) is 0 Å². The largest absolute Gasteiger partial charge is 0.345 e. The normalized spacial score (nSPS) is 14.5. The Morgan fingerprint density at radius 1 is 1.06 bits per heavy atom. The summed E-state index contributed by atoms with van der Waals surface area (Å²) in [6.07, 6.45) is 8.91. The number of aromatic nitrogens is 1. The van der Waals surface area contributed by atoms with Crippen molar-refractivity contribution in [2.24, 2.45) is 0 Å². The van der Waals surface area contributed by atoms with E-state index in [-0.39, 0.29) is 30.4 Å². The standard InChI is InChI=1S/C27H38ClN3O2/c1-4-11-26(32)30(21(2)3)20-27(33)31(23-13-6-5-7-14-23)19-24-15-10-17-29(24)18-22-12-8-9-16-25(22)28/h8-10,12,15-17,21,23H,4-7,11,13-14,18-20H2,1-3H3. The minimum absolute atomic E-state index is 0.00490. The molecule has 6 heteroatoms. The van der Waals surface area contributed by atoms with Crippen molar-refractivity contribution in [2.75, 3.05) is 6.54 Å². The Morgan fingerprint density at radius 3 is 2.45 bits per heavy atom. The Kier molecular flexibility index (Phi) is 9.42. The maximum absolute atomic E-state index is 13.6. The summed E-state index contributed by atoms with van der Waals surface area (Å²) < 4.78 is 2.17. The summed E-state index contributed by atoms with van der Waals surface area (Å²) in [4.78, 5) is 30.1. The predicted octanol–water partition coefficient (Wildman–Crippen LogP) is 5.89. The number of rotatable bonds is 10. The van der Waals surface area contributed by atoms with Gasteiger partial charge in [-0.3, -0.25) is 9.59 Å². The maximum Gasteiger partial charge on any atom is 0.242 e. The third-order valence-electron chi connectivity index (χ3n) is 6.60. The van der Waals surface area contributed by atoms with E-state index in [1.807, 2.05) is 62.2 Å². The fraction of sp³-hybridized carbons (Fsp3) is 0.556. The van der Waals surface area contributed by atoms with E-state index < -0.39 is 0 Å². The number of nitrogens with zero attached hydrogens (tertiary/aromatic N) is 3. The van der Waals surface area contributed by atoms with Gasteiger partial charge < -0.3 is 14.4 Å². The van der Waals surface area contributed by atoms with E-state index in [4.69, 9.17) is 11.6 Å². The van der Waals surface area contributed by atoms with E-state index in [0.29, 0.717) is 19.5 Å². The molecule has 0 N–H and O–H groups in total. The van der Waals surface area contributed by atoms with Crippen molar-refractivity contribution in [3.8, 4) is 0 Å². The monoisotopic (exact) mass is 471 g/mol. The van der Waals surface area contributed by atoms with Crippen molar-refractivity contribution >= 4 is 23.4 Å². The van der Waals surface area contributed by atoms with E-state index in [1.54, 1.807) is 4.90 Å². The molecule has 1 aromatic heterocycles. The second-order valence-corrected chi connectivity index (χ2v) is 9.80. The lowest BCUT2D eigenvalue weighted by Gasteiger charge is -2.37. The highest BCUT2D eigenvalue weighted by atomic mass is 35.5. The number of hydrogen-bond acceptors (Lipinski definition) is 2. The molecule has 0 radical (unpaired) electrons. The first-order chi connectivity index (χ1) is 15.9. The molecule has 3 rings (SSSR count). The molecule has 1 fully saturated rings. The van der Waals surface area contributed by atoms with Gasteiger partial charge in [-0.1, -0.05) is 56.0 Å². The van der Waals surface area contributed by atoms with Crippen LogP contribution in [0.4, 0.5) is 0 Å². The lowest BCUT2D eigenvalue weighted by Crippen LogP contribution is -2.49. The van der Waals surface area contributed by atoms with Crippen LogP contribution in [0.25, 0.3) is 0 Å². The Balaban J connectivity index is 1.80. The molecule has 33 heavy (non-hydrogen) atoms. The second kappa shape index (κ2) is 12.3. The van der Waals surface area contributed by atoms with E-state index in [1.165, 1.54) is 6.42 Å². The van der Waals surface area contributed by atoms with Crippen LogP contribution in [0.2, 0.25) is 5.02 Å². The van der Waals surface area contributed by atoms with Crippen LogP contribution in [0, 0.1) is 0 Å². The third kappa shape index (κ3) is 6.86. The quantitative estimate of drug-likeness (QED) is 0.433. The molecule has 5 nitrogen and oxygen atoms in total. The highest BCUT2D eigenvalue weighted by Crippen LogP contribution is 2.25. The molecule has 180 valence electrons. The topological polar surface area (TPSA) is 45.6 Å². The molecular weight excluding hydrogens is 434 g/mol. The summed E-state index contributed by atoms with van der Waals surface area (Å²) in [5.41, 5.74) is 2.15. The van der Waals surface area contributed by atoms with Crippen molar-refractivity contribution in [2.45, 2.75) is 90.9 Å². The summed E-state index contributed by atoms with van der Waals surface area (Å²) >= 11 is 6.40. The molecule has 2 amide bonds. The summed E-state index contributed by atoms with van der Waals surface area (Å²) in [6, 6.07) is 12.2. The van der Waals surface area contributed by atoms with Crippen molar-refractivity contribution in [1.82, 2.24) is 14.4 Å². The fourth-order valence-electron chi connectivity index (χ4n) is 4.70. The Morgan fingerprint density at radius 2 is 1.79 bits per heavy atom. The Bertz CT molecular complexity index is 918. The first kappa shape index (κ1) is 25.4. The van der Waals surface area contributed by atoms with Gasteiger partial charge in [-0.25, -0.2) is 0 Å². The number of carbonyl (C=O) groups excluding carboxylic acids is 2. The zero-order valence-corrected chi connectivity index (χ0v) is 21.1. The van der Waals surface area contributed by atoms with Gasteiger partial charge in [-0.05, 0) is 56.9 Å². The first-order valence-corrected chi connectivity index (χ1v) is 12.7. The van der Waals surface area contributed by atoms with Gasteiger partial charge in [0.1, 0.15) is 0 Å². The minimum atomic E-state index is 0.00490. The average molecular weight is 472 g/mol. The molecule has 0 bridgehead atoms. The van der Waals surface area contributed by atoms with Gasteiger partial charge in [0.05, 0.1) is 13.1 Å². The highest BCUT2D eigenvalue weighted by Gasteiger charge is 2.29. The van der Waals surface area contributed by atoms with Crippen LogP contribution in [-0.4, -0.2) is 44.8 Å². The maximum atomic E-state index is 13.6. The van der Waals surface area contributed by atoms with Gasteiger partial charge in [-0.2, -0.15) is 0 Å². The van der Waals surface area contributed by atoms with Crippen molar-refractivity contribution in [3.05, 3.63) is 58.9 Å². The minimum Gasteiger partial charge on any atom is -0.345 e. The molecule has 0 atom stereocenters. The van der Waals surface area contributed by atoms with Gasteiger partial charge in [0, 0.05) is 42.0 Å². The molecule has 0 unspecified atom stereocenters. The molecule has 0 saturated heterocycles. The van der Waals surface area contributed by atoms with Crippen LogP contribution in [0.15, 0.2) is 42.6 Å². The van der Waals surface area contributed by atoms with E-state index in [9.17, 15) is 9.59 Å². The smallest absolute Gasteiger partial charge is 0.242 e. The van der Waals surface area contributed by atoms with Gasteiger partial charge in [0.25, 0.3) is 0 Å². The Labute approximate surface area is 203 Å². The van der Waals surface area contributed by atoms with Crippen LogP contribution in [-0.2, 0) is 22.7 Å². The predicted molar refractivity (Wildman–Crippen MR) is 134 cm³/mol. The fourth-order valence-corrected chi connectivity index (χ4v) is 4.89. The number of carbonyl (C=O) groups is 2. The summed E-state index contributed by atoms with van der Waals surface area (Å²) in [7, 11) is 0. The summed E-state index contributed by atoms with van der Waals surface area (Å²) in [6.45, 7) is 7.34. The van der Waals surface area contributed by atoms with Crippen molar-refractivity contribution < 1.29 is 9.59 Å². The second-order valence-electron chi connectivity index (χ2n) is 9.40. The molecular formula is C27H38ClN3O2. The number of benzene rings is 1. The van der Waals surface area contributed by atoms with Gasteiger partial charge in [-0.15, -0.1) is 0 Å². The van der Waals surface area contributed by atoms with Crippen LogP contribution in [0.3, 0.4) is 0 Å². The van der Waals surface area contributed by atoms with Crippen LogP contribution < -0.4 is 0 Å². The molecule has 0 aliphatic heterocycles. The lowest BCUT2D eigenvalue weighted by atomic mass is 9.94. The van der Waals surface area contributed by atoms with Crippen LogP contribution >= 0.6 is 11.6 Å². The molecule has 1 aliphatic rings. The number of amides is 2. The van der Waals surface area contributed by atoms with E-state index >= 15 is 0 Å². The zero-order valence-electron chi connectivity index (χ0n) is 20.3. The van der Waals surface area contributed by atoms with Crippen LogP contribution in [0.5, 0.6) is 0 Å². The molecule has 1 heterocycles. The number of halogens is 1. The molecule has 1 saturated carbocycles. The van der Waals surface area contributed by atoms with Crippen molar-refractivity contribution in [3.63, 3.8) is 0 Å². The zero-order chi connectivity index (χ0) is 23.8. The number of hydrogen-bond donors (Lipinski definition) is 0. The molecule has 1 aliphatic carbocycles. The van der Waals surface area contributed by atoms with Gasteiger partial charge >= 0.3 is 0 Å². The van der Waals surface area contributed by atoms with Crippen molar-refractivity contribution in [1.29, 1.82) is 0 Å². The highest BCUT2D eigenvalue weighted by molar-refractivity contribution is 6.31. The molecule has 1 aromatic carbocycles. The third-order valence-corrected chi connectivity index (χ3v) is 6.97. The summed E-state index contributed by atoms with van der Waals surface area (Å²) in [5, 5.41) is 0.749. The van der Waals surface area contributed by atoms with E-state index in [0.717, 1.165) is 48.4 Å². The van der Waals surface area contributed by atoms with E-state index in [2.05, 4.69) is 10.6 Å². The molecule has 0 spiro atoms. The Hall–Kier alpha value is -2.27. The summed E-state index contributed by atoms with van der Waals surface area (Å²) in [5.74, 6) is 0.108.